The minimum absolute atomic E-state index is 0.510. The summed E-state index contributed by atoms with van der Waals surface area (Å²) in [5, 5.41) is 16.5. The number of aliphatic hydroxyl groups is 2. The summed E-state index contributed by atoms with van der Waals surface area (Å²) >= 11 is 0. The third-order valence-electron chi connectivity index (χ3n) is 1.32. The Kier molecular flexibility index (Phi) is 6.51. The van der Waals surface area contributed by atoms with Crippen LogP contribution in [0.15, 0.2) is 0 Å². The fraction of sp³-hybridized carbons (Fsp3) is 1.00. The minimum atomic E-state index is -1.10. The van der Waals surface area contributed by atoms with Gasteiger partial charge in [0, 0.05) is 0 Å². The standard InChI is InChI=1S/C5H12O2.C3H6O/c1-2-3-4-5(6)7;1-3-2-4-3/h5-7H,2-4H2,1H3;3H,2H2,1H3. The predicted octanol–water partition coefficient (Wildman–Crippen LogP) is 0.892. The molecular weight excluding hydrogens is 144 g/mol. The van der Waals surface area contributed by atoms with E-state index >= 15 is 0 Å². The van der Waals surface area contributed by atoms with Crippen LogP contribution in [0.25, 0.3) is 0 Å². The number of ether oxygens (including phenoxy) is 1. The Hall–Kier alpha value is -0.120. The summed E-state index contributed by atoms with van der Waals surface area (Å²) in [6.45, 7) is 5.06. The average molecular weight is 162 g/mol. The van der Waals surface area contributed by atoms with Crippen molar-refractivity contribution in [1.29, 1.82) is 0 Å². The van der Waals surface area contributed by atoms with Crippen LogP contribution in [0.3, 0.4) is 0 Å². The van der Waals surface area contributed by atoms with Crippen molar-refractivity contribution in [2.75, 3.05) is 6.61 Å². The first-order valence-corrected chi connectivity index (χ1v) is 4.14. The van der Waals surface area contributed by atoms with E-state index in [2.05, 4.69) is 6.92 Å². The van der Waals surface area contributed by atoms with E-state index in [9.17, 15) is 0 Å². The summed E-state index contributed by atoms with van der Waals surface area (Å²) in [6.07, 6.45) is 1.92. The second kappa shape index (κ2) is 6.58. The Labute approximate surface area is 68.0 Å². The molecule has 0 aliphatic carbocycles. The Bertz CT molecular complexity index is 79.4. The van der Waals surface area contributed by atoms with E-state index in [0.29, 0.717) is 12.5 Å². The second-order valence-electron chi connectivity index (χ2n) is 2.77. The Morgan fingerprint density at radius 2 is 2.00 bits per heavy atom. The topological polar surface area (TPSA) is 53.0 Å². The molecule has 0 aromatic heterocycles. The van der Waals surface area contributed by atoms with Gasteiger partial charge >= 0.3 is 0 Å². The van der Waals surface area contributed by atoms with Crippen molar-refractivity contribution in [3.8, 4) is 0 Å². The summed E-state index contributed by atoms with van der Waals surface area (Å²) in [5.41, 5.74) is 0. The SMILES string of the molecule is CC1CO1.CCCCC(O)O. The quantitative estimate of drug-likeness (QED) is 0.478. The lowest BCUT2D eigenvalue weighted by Crippen LogP contribution is -2.02. The number of hydrogen-bond acceptors (Lipinski definition) is 3. The van der Waals surface area contributed by atoms with Crippen LogP contribution in [-0.2, 0) is 4.74 Å². The monoisotopic (exact) mass is 162 g/mol. The normalized spacial score (nSPS) is 21.0. The molecule has 3 nitrogen and oxygen atoms in total. The van der Waals surface area contributed by atoms with Crippen LogP contribution < -0.4 is 0 Å². The fourth-order valence-corrected chi connectivity index (χ4v) is 0.483. The molecule has 0 amide bonds. The maximum absolute atomic E-state index is 8.24. The van der Waals surface area contributed by atoms with E-state index in [1.54, 1.807) is 0 Å². The molecule has 68 valence electrons. The van der Waals surface area contributed by atoms with Crippen LogP contribution in [-0.4, -0.2) is 29.2 Å². The summed E-state index contributed by atoms with van der Waals surface area (Å²) in [5.74, 6) is 0. The third-order valence-corrected chi connectivity index (χ3v) is 1.32. The van der Waals surface area contributed by atoms with Crippen molar-refractivity contribution in [1.82, 2.24) is 0 Å². The molecule has 1 fully saturated rings. The van der Waals surface area contributed by atoms with Crippen LogP contribution in [0.2, 0.25) is 0 Å². The molecule has 1 heterocycles. The van der Waals surface area contributed by atoms with Gasteiger partial charge in [0.15, 0.2) is 6.29 Å². The van der Waals surface area contributed by atoms with Gasteiger partial charge < -0.3 is 14.9 Å². The summed E-state index contributed by atoms with van der Waals surface area (Å²) in [7, 11) is 0. The van der Waals surface area contributed by atoms with E-state index in [1.165, 1.54) is 0 Å². The first-order chi connectivity index (χ1) is 5.16. The van der Waals surface area contributed by atoms with Crippen LogP contribution in [0.1, 0.15) is 33.1 Å². The maximum Gasteiger partial charge on any atom is 0.151 e. The third kappa shape index (κ3) is 13.0. The molecular formula is C8H18O3. The van der Waals surface area contributed by atoms with Crippen LogP contribution in [0, 0.1) is 0 Å². The van der Waals surface area contributed by atoms with Gasteiger partial charge in [0.1, 0.15) is 0 Å². The highest BCUT2D eigenvalue weighted by molar-refractivity contribution is 4.58. The smallest absolute Gasteiger partial charge is 0.151 e. The van der Waals surface area contributed by atoms with Crippen molar-refractivity contribution < 1.29 is 14.9 Å². The van der Waals surface area contributed by atoms with E-state index in [1.807, 2.05) is 6.92 Å². The van der Waals surface area contributed by atoms with Gasteiger partial charge in [-0.05, 0) is 19.8 Å². The van der Waals surface area contributed by atoms with Gasteiger partial charge in [-0.2, -0.15) is 0 Å². The van der Waals surface area contributed by atoms with E-state index in [-0.39, 0.29) is 0 Å². The molecule has 0 aromatic carbocycles. The van der Waals surface area contributed by atoms with Crippen molar-refractivity contribution in [3.63, 3.8) is 0 Å². The van der Waals surface area contributed by atoms with Gasteiger partial charge in [0.2, 0.25) is 0 Å². The fourth-order valence-electron chi connectivity index (χ4n) is 0.483. The van der Waals surface area contributed by atoms with Gasteiger partial charge in [0.05, 0.1) is 12.7 Å². The number of rotatable bonds is 3. The summed E-state index contributed by atoms with van der Waals surface area (Å²) in [6, 6.07) is 0. The molecule has 0 bridgehead atoms. The van der Waals surface area contributed by atoms with Crippen LogP contribution >= 0.6 is 0 Å². The molecule has 1 rings (SSSR count). The zero-order valence-corrected chi connectivity index (χ0v) is 7.29. The van der Waals surface area contributed by atoms with Gasteiger partial charge in [-0.25, -0.2) is 0 Å². The molecule has 1 aliphatic heterocycles. The van der Waals surface area contributed by atoms with Crippen molar-refractivity contribution >= 4 is 0 Å². The highest BCUT2D eigenvalue weighted by atomic mass is 16.6. The average Bonchev–Trinajstić information content (AvgIpc) is 2.68. The van der Waals surface area contributed by atoms with Crippen molar-refractivity contribution in [3.05, 3.63) is 0 Å². The molecule has 1 aliphatic rings. The zero-order chi connectivity index (χ0) is 8.69. The molecule has 1 saturated heterocycles. The largest absolute Gasteiger partial charge is 0.373 e. The number of hydrogen-bond donors (Lipinski definition) is 2. The van der Waals surface area contributed by atoms with Gasteiger partial charge in [0.25, 0.3) is 0 Å². The molecule has 3 heteroatoms. The summed E-state index contributed by atoms with van der Waals surface area (Å²) < 4.78 is 4.71. The lowest BCUT2D eigenvalue weighted by atomic mass is 10.2. The van der Waals surface area contributed by atoms with Crippen molar-refractivity contribution in [2.45, 2.75) is 45.5 Å². The van der Waals surface area contributed by atoms with Gasteiger partial charge in [-0.1, -0.05) is 13.3 Å². The Balaban J connectivity index is 0.000000207. The van der Waals surface area contributed by atoms with Crippen molar-refractivity contribution in [2.24, 2.45) is 0 Å². The highest BCUT2D eigenvalue weighted by Crippen LogP contribution is 2.04. The van der Waals surface area contributed by atoms with E-state index in [0.717, 1.165) is 19.4 Å². The molecule has 1 unspecified atom stereocenters. The first-order valence-electron chi connectivity index (χ1n) is 4.14. The molecule has 0 aromatic rings. The van der Waals surface area contributed by atoms with Crippen LogP contribution in [0.5, 0.6) is 0 Å². The lowest BCUT2D eigenvalue weighted by molar-refractivity contribution is -0.0463. The van der Waals surface area contributed by atoms with Gasteiger partial charge in [-0.15, -0.1) is 0 Å². The van der Waals surface area contributed by atoms with E-state index < -0.39 is 6.29 Å². The Morgan fingerprint density at radius 1 is 1.55 bits per heavy atom. The number of aliphatic hydroxyl groups excluding tert-OH is 1. The first kappa shape index (κ1) is 10.9. The molecule has 1 atom stereocenters. The van der Waals surface area contributed by atoms with Gasteiger partial charge in [-0.3, -0.25) is 0 Å². The lowest BCUT2D eigenvalue weighted by Gasteiger charge is -1.97. The van der Waals surface area contributed by atoms with E-state index in [4.69, 9.17) is 14.9 Å². The highest BCUT2D eigenvalue weighted by Gasteiger charge is 2.13. The predicted molar refractivity (Wildman–Crippen MR) is 43.2 cm³/mol. The molecule has 2 N–H and O–H groups in total. The molecule has 0 spiro atoms. The zero-order valence-electron chi connectivity index (χ0n) is 7.29. The minimum Gasteiger partial charge on any atom is -0.373 e. The second-order valence-corrected chi connectivity index (χ2v) is 2.77. The molecule has 0 radical (unpaired) electrons. The molecule has 11 heavy (non-hydrogen) atoms. The molecule has 0 saturated carbocycles. The number of unbranched alkanes of at least 4 members (excludes halogenated alkanes) is 1. The Morgan fingerprint density at radius 3 is 2.09 bits per heavy atom. The van der Waals surface area contributed by atoms with Crippen LogP contribution in [0.4, 0.5) is 0 Å². The number of epoxide rings is 1. The maximum atomic E-state index is 8.24. The summed E-state index contributed by atoms with van der Waals surface area (Å²) in [4.78, 5) is 0.